The molecule has 0 amide bonds. The molecule has 0 unspecified atom stereocenters. The monoisotopic (exact) mass is 298 g/mol. The first-order chi connectivity index (χ1) is 11.4. The van der Waals surface area contributed by atoms with Crippen LogP contribution < -0.4 is 0 Å². The molecule has 0 atom stereocenters. The van der Waals surface area contributed by atoms with Gasteiger partial charge in [0.15, 0.2) is 6.29 Å². The third-order valence-corrected chi connectivity index (χ3v) is 3.98. The van der Waals surface area contributed by atoms with Gasteiger partial charge in [0.05, 0.1) is 16.9 Å². The summed E-state index contributed by atoms with van der Waals surface area (Å²) < 4.78 is 1.93. The van der Waals surface area contributed by atoms with Crippen molar-refractivity contribution in [2.75, 3.05) is 0 Å². The molecule has 3 nitrogen and oxygen atoms in total. The lowest BCUT2D eigenvalue weighted by atomic mass is 9.98. The first kappa shape index (κ1) is 13.5. The molecule has 0 saturated carbocycles. The van der Waals surface area contributed by atoms with Gasteiger partial charge in [-0.05, 0) is 29.8 Å². The van der Waals surface area contributed by atoms with Crippen LogP contribution in [0.5, 0.6) is 0 Å². The van der Waals surface area contributed by atoms with Crippen molar-refractivity contribution in [1.29, 1.82) is 0 Å². The predicted octanol–water partition coefficient (Wildman–Crippen LogP) is 4.48. The van der Waals surface area contributed by atoms with E-state index in [1.165, 1.54) is 0 Å². The molecule has 3 heterocycles. The Morgan fingerprint density at radius 2 is 1.61 bits per heavy atom. The van der Waals surface area contributed by atoms with Crippen molar-refractivity contribution in [3.05, 3.63) is 84.8 Å². The van der Waals surface area contributed by atoms with Crippen molar-refractivity contribution in [1.82, 2.24) is 9.38 Å². The van der Waals surface area contributed by atoms with E-state index in [1.807, 2.05) is 77.3 Å². The second-order valence-corrected chi connectivity index (χ2v) is 5.29. The summed E-state index contributed by atoms with van der Waals surface area (Å²) in [6.45, 7) is 0. The van der Waals surface area contributed by atoms with Gasteiger partial charge in [-0.25, -0.2) is 0 Å². The highest BCUT2D eigenvalue weighted by Crippen LogP contribution is 2.38. The van der Waals surface area contributed by atoms with E-state index in [4.69, 9.17) is 0 Å². The molecule has 0 aliphatic carbocycles. The van der Waals surface area contributed by atoms with E-state index in [0.717, 1.165) is 34.2 Å². The second kappa shape index (κ2) is 5.54. The van der Waals surface area contributed by atoms with Crippen LogP contribution in [0.15, 0.2) is 79.1 Å². The number of hydrogen-bond acceptors (Lipinski definition) is 2. The zero-order chi connectivity index (χ0) is 15.6. The number of rotatable bonds is 3. The fourth-order valence-corrected chi connectivity index (χ4v) is 3.02. The van der Waals surface area contributed by atoms with Gasteiger partial charge in [0, 0.05) is 23.5 Å². The van der Waals surface area contributed by atoms with Gasteiger partial charge in [0.25, 0.3) is 0 Å². The number of aldehydes is 1. The molecule has 0 radical (unpaired) electrons. The summed E-state index contributed by atoms with van der Waals surface area (Å²) in [5.74, 6) is 0. The Bertz CT molecular complexity index is 973. The van der Waals surface area contributed by atoms with Gasteiger partial charge in [-0.1, -0.05) is 42.5 Å². The van der Waals surface area contributed by atoms with Crippen molar-refractivity contribution in [2.24, 2.45) is 0 Å². The molecule has 0 spiro atoms. The largest absolute Gasteiger partial charge is 0.313 e. The van der Waals surface area contributed by atoms with Crippen molar-refractivity contribution in [2.45, 2.75) is 0 Å². The van der Waals surface area contributed by atoms with Crippen LogP contribution in [0.25, 0.3) is 27.9 Å². The van der Waals surface area contributed by atoms with Gasteiger partial charge < -0.3 is 4.40 Å². The van der Waals surface area contributed by atoms with Gasteiger partial charge in [0.1, 0.15) is 0 Å². The summed E-state index contributed by atoms with van der Waals surface area (Å²) in [5, 5.41) is 0. The van der Waals surface area contributed by atoms with Gasteiger partial charge in [0.2, 0.25) is 0 Å². The van der Waals surface area contributed by atoms with Crippen LogP contribution in [0.4, 0.5) is 0 Å². The zero-order valence-corrected chi connectivity index (χ0v) is 12.4. The number of aromatic nitrogens is 2. The molecule has 23 heavy (non-hydrogen) atoms. The lowest BCUT2D eigenvalue weighted by Gasteiger charge is -2.05. The maximum atomic E-state index is 11.8. The zero-order valence-electron chi connectivity index (χ0n) is 12.4. The van der Waals surface area contributed by atoms with Crippen LogP contribution in [0.1, 0.15) is 10.5 Å². The number of fused-ring (bicyclic) bond motifs is 1. The molecule has 0 fully saturated rings. The smallest absolute Gasteiger partial charge is 0.167 e. The Hall–Kier alpha value is -3.20. The standard InChI is InChI=1S/C20H14N2O/c23-14-18-19(15-8-2-1-3-9-15)20(16-10-4-6-12-21-16)17-11-5-7-13-22(17)18/h1-14H. The molecule has 0 bridgehead atoms. The van der Waals surface area contributed by atoms with Crippen LogP contribution in [-0.2, 0) is 0 Å². The molecule has 110 valence electrons. The van der Waals surface area contributed by atoms with Crippen molar-refractivity contribution < 1.29 is 4.79 Å². The van der Waals surface area contributed by atoms with Crippen LogP contribution >= 0.6 is 0 Å². The summed E-state index contributed by atoms with van der Waals surface area (Å²) in [6.07, 6.45) is 4.61. The molecule has 3 heteroatoms. The average molecular weight is 298 g/mol. The van der Waals surface area contributed by atoms with E-state index >= 15 is 0 Å². The third-order valence-electron chi connectivity index (χ3n) is 3.98. The summed E-state index contributed by atoms with van der Waals surface area (Å²) in [5.41, 5.74) is 5.41. The summed E-state index contributed by atoms with van der Waals surface area (Å²) in [7, 11) is 0. The topological polar surface area (TPSA) is 34.4 Å². The quantitative estimate of drug-likeness (QED) is 0.523. The van der Waals surface area contributed by atoms with Crippen molar-refractivity contribution >= 4 is 11.8 Å². The van der Waals surface area contributed by atoms with Crippen LogP contribution in [0, 0.1) is 0 Å². The van der Waals surface area contributed by atoms with E-state index in [-0.39, 0.29) is 0 Å². The maximum absolute atomic E-state index is 11.8. The minimum Gasteiger partial charge on any atom is -0.313 e. The van der Waals surface area contributed by atoms with Gasteiger partial charge in [-0.3, -0.25) is 9.78 Å². The van der Waals surface area contributed by atoms with Gasteiger partial charge in [-0.15, -0.1) is 0 Å². The van der Waals surface area contributed by atoms with E-state index in [9.17, 15) is 4.79 Å². The van der Waals surface area contributed by atoms with Crippen LogP contribution in [-0.4, -0.2) is 15.7 Å². The highest BCUT2D eigenvalue weighted by atomic mass is 16.1. The van der Waals surface area contributed by atoms with E-state index in [2.05, 4.69) is 4.98 Å². The number of nitrogens with zero attached hydrogens (tertiary/aromatic N) is 2. The number of pyridine rings is 2. The normalized spacial score (nSPS) is 10.8. The highest BCUT2D eigenvalue weighted by Gasteiger charge is 2.20. The lowest BCUT2D eigenvalue weighted by molar-refractivity contribution is 0.111. The molecule has 0 aliphatic heterocycles. The number of hydrogen-bond donors (Lipinski definition) is 0. The third kappa shape index (κ3) is 2.14. The second-order valence-electron chi connectivity index (χ2n) is 5.29. The lowest BCUT2D eigenvalue weighted by Crippen LogP contribution is -1.91. The van der Waals surface area contributed by atoms with Gasteiger partial charge in [-0.2, -0.15) is 0 Å². The Kier molecular flexibility index (Phi) is 3.24. The molecule has 0 N–H and O–H groups in total. The SMILES string of the molecule is O=Cc1c(-c2ccccc2)c(-c2ccccn2)c2ccccn12. The Morgan fingerprint density at radius 1 is 0.826 bits per heavy atom. The Labute approximate surface area is 133 Å². The minimum absolute atomic E-state index is 0.646. The maximum Gasteiger partial charge on any atom is 0.167 e. The summed E-state index contributed by atoms with van der Waals surface area (Å²) in [4.78, 5) is 16.3. The number of benzene rings is 1. The molecule has 3 aromatic heterocycles. The molecular weight excluding hydrogens is 284 g/mol. The van der Waals surface area contributed by atoms with E-state index in [0.29, 0.717) is 5.69 Å². The van der Waals surface area contributed by atoms with Crippen molar-refractivity contribution in [3.63, 3.8) is 0 Å². The molecule has 1 aromatic carbocycles. The van der Waals surface area contributed by atoms with Gasteiger partial charge >= 0.3 is 0 Å². The number of carbonyl (C=O) groups is 1. The van der Waals surface area contributed by atoms with Crippen molar-refractivity contribution in [3.8, 4) is 22.4 Å². The number of carbonyl (C=O) groups excluding carboxylic acids is 1. The fourth-order valence-electron chi connectivity index (χ4n) is 3.02. The Morgan fingerprint density at radius 3 is 2.35 bits per heavy atom. The summed E-state index contributed by atoms with van der Waals surface area (Å²) in [6, 6.07) is 21.7. The van der Waals surface area contributed by atoms with Crippen LogP contribution in [0.2, 0.25) is 0 Å². The highest BCUT2D eigenvalue weighted by molar-refractivity contribution is 6.02. The molecule has 0 aliphatic rings. The van der Waals surface area contributed by atoms with E-state index in [1.54, 1.807) is 6.20 Å². The first-order valence-electron chi connectivity index (χ1n) is 7.45. The molecule has 4 aromatic rings. The molecule has 4 rings (SSSR count). The average Bonchev–Trinajstić information content (AvgIpc) is 2.97. The first-order valence-corrected chi connectivity index (χ1v) is 7.45. The molecular formula is C20H14N2O. The fraction of sp³-hybridized carbons (Fsp3) is 0. The molecule has 0 saturated heterocycles. The summed E-state index contributed by atoms with van der Waals surface area (Å²) >= 11 is 0. The Balaban J connectivity index is 2.17. The van der Waals surface area contributed by atoms with E-state index < -0.39 is 0 Å². The minimum atomic E-state index is 0.646. The van der Waals surface area contributed by atoms with Crippen LogP contribution in [0.3, 0.4) is 0 Å². The predicted molar refractivity (Wildman–Crippen MR) is 91.5 cm³/mol.